The van der Waals surface area contributed by atoms with Crippen LogP contribution < -0.4 is 0 Å². The van der Waals surface area contributed by atoms with Gasteiger partial charge in [-0.1, -0.05) is 11.7 Å². The van der Waals surface area contributed by atoms with Gasteiger partial charge in [-0.05, 0) is 38.7 Å². The Morgan fingerprint density at radius 3 is 2.70 bits per heavy atom. The topological polar surface area (TPSA) is 55.6 Å². The second-order valence-corrected chi connectivity index (χ2v) is 5.28. The lowest BCUT2D eigenvalue weighted by Crippen LogP contribution is -2.36. The highest BCUT2D eigenvalue weighted by Gasteiger charge is 2.22. The molecule has 0 aromatic carbocycles. The summed E-state index contributed by atoms with van der Waals surface area (Å²) < 4.78 is 10.5. The minimum atomic E-state index is -0.0449. The molecule has 1 saturated heterocycles. The molecule has 1 amide bonds. The van der Waals surface area contributed by atoms with Gasteiger partial charge in [-0.15, -0.1) is 0 Å². The van der Waals surface area contributed by atoms with Gasteiger partial charge in [-0.3, -0.25) is 4.79 Å². The highest BCUT2D eigenvalue weighted by Crippen LogP contribution is 2.20. The Bertz CT molecular complexity index is 456. The summed E-state index contributed by atoms with van der Waals surface area (Å²) in [5, 5.41) is 3.94. The Balaban J connectivity index is 2.07. The Labute approximate surface area is 119 Å². The average Bonchev–Trinajstić information content (AvgIpc) is 2.78. The van der Waals surface area contributed by atoms with Crippen LogP contribution in [0.1, 0.15) is 29.9 Å². The molecule has 5 heteroatoms. The van der Waals surface area contributed by atoms with E-state index >= 15 is 0 Å². The van der Waals surface area contributed by atoms with Gasteiger partial charge in [0.1, 0.15) is 5.76 Å². The molecule has 0 N–H and O–H groups in total. The summed E-state index contributed by atoms with van der Waals surface area (Å²) in [6.07, 6.45) is 3.38. The molecular weight excluding hydrogens is 256 g/mol. The molecule has 0 saturated carbocycles. The molecular formula is C15H22N2O3. The lowest BCUT2D eigenvalue weighted by Gasteiger charge is -2.29. The smallest absolute Gasteiger partial charge is 0.246 e. The number of nitrogens with zero attached hydrogens (tertiary/aromatic N) is 2. The largest absolute Gasteiger partial charge is 0.381 e. The third-order valence-corrected chi connectivity index (χ3v) is 3.84. The molecule has 0 atom stereocenters. The van der Waals surface area contributed by atoms with E-state index in [0.29, 0.717) is 12.5 Å². The van der Waals surface area contributed by atoms with E-state index in [1.165, 1.54) is 6.08 Å². The molecule has 2 rings (SSSR count). The first-order valence-corrected chi connectivity index (χ1v) is 7.02. The first kappa shape index (κ1) is 14.8. The summed E-state index contributed by atoms with van der Waals surface area (Å²) in [6.45, 7) is 10.2. The minimum Gasteiger partial charge on any atom is -0.381 e. The van der Waals surface area contributed by atoms with Gasteiger partial charge in [0, 0.05) is 25.3 Å². The van der Waals surface area contributed by atoms with Crippen LogP contribution in [-0.4, -0.2) is 35.7 Å². The summed E-state index contributed by atoms with van der Waals surface area (Å²) in [4.78, 5) is 13.9. The van der Waals surface area contributed by atoms with Crippen molar-refractivity contribution in [1.29, 1.82) is 0 Å². The van der Waals surface area contributed by atoms with Crippen molar-refractivity contribution in [3.63, 3.8) is 0 Å². The number of hydrogen-bond acceptors (Lipinski definition) is 4. The second kappa shape index (κ2) is 6.70. The predicted molar refractivity (Wildman–Crippen MR) is 75.1 cm³/mol. The summed E-state index contributed by atoms with van der Waals surface area (Å²) in [5.74, 6) is 1.22. The fourth-order valence-corrected chi connectivity index (χ4v) is 2.52. The third kappa shape index (κ3) is 3.48. The molecule has 20 heavy (non-hydrogen) atoms. The van der Waals surface area contributed by atoms with E-state index in [-0.39, 0.29) is 5.91 Å². The number of hydrogen-bond donors (Lipinski definition) is 0. The van der Waals surface area contributed by atoms with E-state index in [2.05, 4.69) is 11.7 Å². The van der Waals surface area contributed by atoms with Gasteiger partial charge in [0.05, 0.1) is 12.2 Å². The first-order valence-electron chi connectivity index (χ1n) is 7.02. The van der Waals surface area contributed by atoms with E-state index in [1.54, 1.807) is 0 Å². The third-order valence-electron chi connectivity index (χ3n) is 3.84. The highest BCUT2D eigenvalue weighted by atomic mass is 16.5. The zero-order valence-corrected chi connectivity index (χ0v) is 12.2. The van der Waals surface area contributed by atoms with Crippen LogP contribution in [0.3, 0.4) is 0 Å². The highest BCUT2D eigenvalue weighted by molar-refractivity contribution is 5.87. The van der Waals surface area contributed by atoms with Crippen LogP contribution in [0.4, 0.5) is 0 Å². The van der Waals surface area contributed by atoms with Crippen LogP contribution in [0.2, 0.25) is 0 Å². The molecule has 0 aliphatic carbocycles. The van der Waals surface area contributed by atoms with Crippen LogP contribution in [0, 0.1) is 19.8 Å². The molecule has 110 valence electrons. The van der Waals surface area contributed by atoms with Crippen molar-refractivity contribution in [3.8, 4) is 0 Å². The van der Waals surface area contributed by atoms with Gasteiger partial charge in [0.25, 0.3) is 0 Å². The predicted octanol–water partition coefficient (Wildman–Crippen LogP) is 2.23. The molecule has 1 aliphatic heterocycles. The van der Waals surface area contributed by atoms with Crippen molar-refractivity contribution in [2.24, 2.45) is 5.92 Å². The van der Waals surface area contributed by atoms with Crippen molar-refractivity contribution in [3.05, 3.63) is 29.7 Å². The lowest BCUT2D eigenvalue weighted by molar-refractivity contribution is -0.127. The van der Waals surface area contributed by atoms with E-state index in [9.17, 15) is 4.79 Å². The van der Waals surface area contributed by atoms with Crippen LogP contribution in [0.15, 0.2) is 17.2 Å². The first-order chi connectivity index (χ1) is 9.61. The Morgan fingerprint density at radius 2 is 2.15 bits per heavy atom. The maximum absolute atomic E-state index is 12.1. The van der Waals surface area contributed by atoms with Crippen molar-refractivity contribution in [1.82, 2.24) is 10.1 Å². The molecule has 0 bridgehead atoms. The zero-order chi connectivity index (χ0) is 14.5. The van der Waals surface area contributed by atoms with Gasteiger partial charge < -0.3 is 14.2 Å². The van der Waals surface area contributed by atoms with E-state index in [1.807, 2.05) is 18.7 Å². The van der Waals surface area contributed by atoms with Crippen molar-refractivity contribution in [2.75, 3.05) is 19.8 Å². The molecule has 0 unspecified atom stereocenters. The summed E-state index contributed by atoms with van der Waals surface area (Å²) in [5.41, 5.74) is 1.84. The molecule has 5 nitrogen and oxygen atoms in total. The number of carbonyl (C=O) groups is 1. The maximum atomic E-state index is 12.1. The van der Waals surface area contributed by atoms with Crippen LogP contribution in [0.25, 0.3) is 0 Å². The molecule has 1 aromatic rings. The van der Waals surface area contributed by atoms with E-state index in [4.69, 9.17) is 9.26 Å². The van der Waals surface area contributed by atoms with Crippen molar-refractivity contribution in [2.45, 2.75) is 33.2 Å². The average molecular weight is 278 g/mol. The number of ether oxygens (including phenoxy) is 1. The molecule has 1 aromatic heterocycles. The number of aromatic nitrogens is 1. The molecule has 1 fully saturated rings. The van der Waals surface area contributed by atoms with Gasteiger partial charge in [0.15, 0.2) is 0 Å². The van der Waals surface area contributed by atoms with E-state index in [0.717, 1.165) is 49.6 Å². The Kier molecular flexibility index (Phi) is 4.95. The summed E-state index contributed by atoms with van der Waals surface area (Å²) >= 11 is 0. The Hall–Kier alpha value is -1.62. The van der Waals surface area contributed by atoms with E-state index < -0.39 is 0 Å². The molecule has 2 heterocycles. The van der Waals surface area contributed by atoms with Gasteiger partial charge in [-0.2, -0.15) is 0 Å². The van der Waals surface area contributed by atoms with Gasteiger partial charge in [0.2, 0.25) is 5.91 Å². The fourth-order valence-electron chi connectivity index (χ4n) is 2.52. The fraction of sp³-hybridized carbons (Fsp3) is 0.600. The quantitative estimate of drug-likeness (QED) is 0.775. The lowest BCUT2D eigenvalue weighted by atomic mass is 9.99. The van der Waals surface area contributed by atoms with Crippen molar-refractivity contribution < 1.29 is 14.1 Å². The second-order valence-electron chi connectivity index (χ2n) is 5.28. The van der Waals surface area contributed by atoms with Crippen molar-refractivity contribution >= 4 is 5.91 Å². The normalized spacial score (nSPS) is 16.1. The number of aryl methyl sites for hydroxylation is 2. The zero-order valence-electron chi connectivity index (χ0n) is 12.2. The maximum Gasteiger partial charge on any atom is 0.246 e. The summed E-state index contributed by atoms with van der Waals surface area (Å²) in [7, 11) is 0. The van der Waals surface area contributed by atoms with Gasteiger partial charge in [-0.25, -0.2) is 0 Å². The number of rotatable bonds is 5. The molecule has 0 spiro atoms. The molecule has 1 aliphatic rings. The molecule has 0 radical (unpaired) electrons. The van der Waals surface area contributed by atoms with Crippen LogP contribution in [-0.2, 0) is 16.1 Å². The summed E-state index contributed by atoms with van der Waals surface area (Å²) in [6, 6.07) is 0. The standard InChI is InChI=1S/C15H22N2O3/c1-4-15(18)17(9-13-5-7-19-8-6-13)10-14-11(2)16-20-12(14)3/h4,13H,1,5-10H2,2-3H3. The number of carbonyl (C=O) groups excluding carboxylic acids is 1. The number of amides is 1. The van der Waals surface area contributed by atoms with Crippen LogP contribution in [0.5, 0.6) is 0 Å². The monoisotopic (exact) mass is 278 g/mol. The van der Waals surface area contributed by atoms with Gasteiger partial charge >= 0.3 is 0 Å². The SMILES string of the molecule is C=CC(=O)N(Cc1c(C)noc1C)CC1CCOCC1. The van der Waals surface area contributed by atoms with Crippen LogP contribution >= 0.6 is 0 Å². The minimum absolute atomic E-state index is 0.0449. The Morgan fingerprint density at radius 1 is 1.45 bits per heavy atom.